The van der Waals surface area contributed by atoms with Crippen LogP contribution in [-0.4, -0.2) is 52.6 Å². The average Bonchev–Trinajstić information content (AvgIpc) is 2.87. The predicted octanol–water partition coefficient (Wildman–Crippen LogP) is 4.29. The smallest absolute Gasteiger partial charge is 0.257 e. The van der Waals surface area contributed by atoms with Gasteiger partial charge in [0.2, 0.25) is 11.9 Å². The maximum atomic E-state index is 13.1. The molecule has 0 radical (unpaired) electrons. The van der Waals surface area contributed by atoms with Crippen molar-refractivity contribution in [3.8, 4) is 11.4 Å². The number of carbonyl (C=O) groups excluding carboxylic acids is 1. The van der Waals surface area contributed by atoms with Gasteiger partial charge in [-0.1, -0.05) is 12.6 Å². The molecule has 2 heterocycles. The number of fused-ring (bicyclic) bond motifs is 1. The first-order chi connectivity index (χ1) is 17.8. The van der Waals surface area contributed by atoms with E-state index >= 15 is 0 Å². The molecule has 0 unspecified atom stereocenters. The normalized spacial score (nSPS) is 10.9. The Morgan fingerprint density at radius 3 is 2.65 bits per heavy atom. The summed E-state index contributed by atoms with van der Waals surface area (Å²) in [7, 11) is 4.08. The number of ether oxygens (including phenoxy) is 1. The van der Waals surface area contributed by atoms with Crippen molar-refractivity contribution in [2.45, 2.75) is 13.3 Å². The molecular formula is C28H30N6O3. The summed E-state index contributed by atoms with van der Waals surface area (Å²) in [6, 6.07) is 16.1. The topological polar surface area (TPSA) is 101 Å². The predicted molar refractivity (Wildman–Crippen MR) is 147 cm³/mol. The van der Waals surface area contributed by atoms with Gasteiger partial charge in [-0.2, -0.15) is 4.98 Å². The van der Waals surface area contributed by atoms with E-state index in [1.54, 1.807) is 36.5 Å². The molecule has 0 saturated carbocycles. The monoisotopic (exact) mass is 498 g/mol. The van der Waals surface area contributed by atoms with Crippen LogP contribution in [0.2, 0.25) is 0 Å². The van der Waals surface area contributed by atoms with Gasteiger partial charge < -0.3 is 20.3 Å². The molecule has 9 heteroatoms. The minimum Gasteiger partial charge on any atom is -0.494 e. The van der Waals surface area contributed by atoms with Crippen LogP contribution < -0.4 is 20.9 Å². The second-order valence-corrected chi connectivity index (χ2v) is 8.83. The summed E-state index contributed by atoms with van der Waals surface area (Å²) in [6.07, 6.45) is 3.83. The van der Waals surface area contributed by atoms with Crippen molar-refractivity contribution in [2.24, 2.45) is 0 Å². The Balaban J connectivity index is 1.61. The fourth-order valence-electron chi connectivity index (χ4n) is 3.81. The van der Waals surface area contributed by atoms with Crippen LogP contribution in [0.4, 0.5) is 17.3 Å². The summed E-state index contributed by atoms with van der Waals surface area (Å²) in [6.45, 7) is 6.94. The largest absolute Gasteiger partial charge is 0.494 e. The summed E-state index contributed by atoms with van der Waals surface area (Å²) < 4.78 is 7.30. The molecule has 0 aliphatic carbocycles. The molecule has 0 aliphatic heterocycles. The van der Waals surface area contributed by atoms with Crippen LogP contribution in [0.15, 0.2) is 78.2 Å². The Bertz CT molecular complexity index is 1480. The van der Waals surface area contributed by atoms with Crippen LogP contribution in [0.25, 0.3) is 16.7 Å². The highest BCUT2D eigenvalue weighted by atomic mass is 16.5. The number of benzene rings is 2. The van der Waals surface area contributed by atoms with Crippen LogP contribution in [0.1, 0.15) is 12.0 Å². The van der Waals surface area contributed by atoms with E-state index in [-0.39, 0.29) is 11.5 Å². The molecule has 190 valence electrons. The quantitative estimate of drug-likeness (QED) is 0.248. The van der Waals surface area contributed by atoms with Crippen molar-refractivity contribution in [3.05, 3.63) is 89.4 Å². The number of aryl methyl sites for hydroxylation is 1. The Kier molecular flexibility index (Phi) is 7.95. The fourth-order valence-corrected chi connectivity index (χ4v) is 3.81. The fraction of sp³-hybridized carbons (Fsp3) is 0.214. The number of hydrogen-bond donors (Lipinski definition) is 2. The zero-order valence-electron chi connectivity index (χ0n) is 21.2. The average molecular weight is 499 g/mol. The molecule has 2 aromatic heterocycles. The molecule has 1 amide bonds. The highest BCUT2D eigenvalue weighted by Gasteiger charge is 2.13. The van der Waals surface area contributed by atoms with Crippen LogP contribution in [0, 0.1) is 6.92 Å². The maximum Gasteiger partial charge on any atom is 0.257 e. The van der Waals surface area contributed by atoms with Gasteiger partial charge in [0.1, 0.15) is 5.75 Å². The van der Waals surface area contributed by atoms with Crippen LogP contribution in [0.5, 0.6) is 5.75 Å². The van der Waals surface area contributed by atoms with Crippen LogP contribution >= 0.6 is 0 Å². The lowest BCUT2D eigenvalue weighted by Gasteiger charge is -2.14. The lowest BCUT2D eigenvalue weighted by atomic mass is 10.2. The molecule has 0 aliphatic rings. The van der Waals surface area contributed by atoms with Gasteiger partial charge in [-0.3, -0.25) is 14.2 Å². The molecule has 4 aromatic rings. The minimum atomic E-state index is -0.336. The van der Waals surface area contributed by atoms with Gasteiger partial charge in [0, 0.05) is 35.6 Å². The van der Waals surface area contributed by atoms with E-state index in [0.717, 1.165) is 35.4 Å². The lowest BCUT2D eigenvalue weighted by Crippen LogP contribution is -2.20. The molecule has 2 N–H and O–H groups in total. The summed E-state index contributed by atoms with van der Waals surface area (Å²) in [4.78, 5) is 36.1. The highest BCUT2D eigenvalue weighted by molar-refractivity contribution is 5.99. The molecule has 0 fully saturated rings. The van der Waals surface area contributed by atoms with E-state index in [4.69, 9.17) is 4.74 Å². The van der Waals surface area contributed by atoms with E-state index in [1.807, 2.05) is 45.3 Å². The van der Waals surface area contributed by atoms with Crippen LogP contribution in [0.3, 0.4) is 0 Å². The number of hydrogen-bond acceptors (Lipinski definition) is 7. The summed E-state index contributed by atoms with van der Waals surface area (Å²) >= 11 is 0. The van der Waals surface area contributed by atoms with Crippen molar-refractivity contribution < 1.29 is 9.53 Å². The Hall–Kier alpha value is -4.50. The highest BCUT2D eigenvalue weighted by Crippen LogP contribution is 2.23. The molecule has 9 nitrogen and oxygen atoms in total. The molecule has 0 atom stereocenters. The third-order valence-electron chi connectivity index (χ3n) is 5.65. The van der Waals surface area contributed by atoms with Gasteiger partial charge in [-0.25, -0.2) is 4.98 Å². The van der Waals surface area contributed by atoms with E-state index < -0.39 is 0 Å². The number of amides is 1. The van der Waals surface area contributed by atoms with Gasteiger partial charge >= 0.3 is 0 Å². The molecular weight excluding hydrogens is 468 g/mol. The third kappa shape index (κ3) is 6.39. The Morgan fingerprint density at radius 1 is 1.14 bits per heavy atom. The van der Waals surface area contributed by atoms with Gasteiger partial charge in [0.15, 0.2) is 5.65 Å². The molecule has 0 saturated heterocycles. The number of pyridine rings is 1. The van der Waals surface area contributed by atoms with Crippen molar-refractivity contribution in [2.75, 3.05) is 37.9 Å². The van der Waals surface area contributed by atoms with E-state index in [1.165, 1.54) is 10.6 Å². The number of aromatic nitrogens is 3. The number of anilines is 3. The first-order valence-corrected chi connectivity index (χ1v) is 11.9. The summed E-state index contributed by atoms with van der Waals surface area (Å²) in [5.74, 6) is 0.802. The van der Waals surface area contributed by atoms with E-state index in [9.17, 15) is 9.59 Å². The zero-order valence-corrected chi connectivity index (χ0v) is 21.2. The minimum absolute atomic E-state index is 0.238. The number of nitrogens with one attached hydrogen (secondary N) is 2. The maximum absolute atomic E-state index is 13.1. The third-order valence-corrected chi connectivity index (χ3v) is 5.65. The van der Waals surface area contributed by atoms with Gasteiger partial charge in [-0.15, -0.1) is 0 Å². The van der Waals surface area contributed by atoms with Gasteiger partial charge in [0.05, 0.1) is 12.3 Å². The molecule has 2 aromatic carbocycles. The lowest BCUT2D eigenvalue weighted by molar-refractivity contribution is -0.111. The number of rotatable bonds is 10. The first kappa shape index (κ1) is 25.6. The summed E-state index contributed by atoms with van der Waals surface area (Å²) in [5.41, 5.74) is 2.88. The zero-order chi connectivity index (χ0) is 26.4. The van der Waals surface area contributed by atoms with Gasteiger partial charge in [-0.05, 0) is 81.5 Å². The molecule has 0 spiro atoms. The first-order valence-electron chi connectivity index (χ1n) is 11.9. The Morgan fingerprint density at radius 2 is 1.92 bits per heavy atom. The Labute approximate surface area is 215 Å². The summed E-state index contributed by atoms with van der Waals surface area (Å²) in [5, 5.41) is 6.66. The molecule has 4 rings (SSSR count). The SMILES string of the molecule is C=CC(=O)Nc1cccc(-n2c(=O)cc(C)c3cnc(Nc4ccc(OCCCN(C)C)cc4)nc32)c1. The van der Waals surface area contributed by atoms with Crippen LogP contribution in [-0.2, 0) is 4.79 Å². The number of carbonyl (C=O) groups is 1. The molecule has 37 heavy (non-hydrogen) atoms. The second-order valence-electron chi connectivity index (χ2n) is 8.83. The van der Waals surface area contributed by atoms with E-state index in [2.05, 4.69) is 32.1 Å². The van der Waals surface area contributed by atoms with Crippen molar-refractivity contribution in [1.82, 2.24) is 19.4 Å². The van der Waals surface area contributed by atoms with Crippen molar-refractivity contribution >= 4 is 34.3 Å². The van der Waals surface area contributed by atoms with Crippen molar-refractivity contribution in [1.29, 1.82) is 0 Å². The second kappa shape index (κ2) is 11.5. The van der Waals surface area contributed by atoms with Gasteiger partial charge in [0.25, 0.3) is 5.56 Å². The standard InChI is InChI=1S/C28H30N6O3/c1-5-25(35)30-21-8-6-9-22(17-21)34-26(36)16-19(2)24-18-29-28(32-27(24)34)31-20-10-12-23(13-11-20)37-15-7-14-33(3)4/h5-6,8-13,16-18H,1,7,14-15H2,2-4H3,(H,30,35)(H,29,31,32). The van der Waals surface area contributed by atoms with E-state index in [0.29, 0.717) is 29.6 Å². The van der Waals surface area contributed by atoms with Crippen molar-refractivity contribution in [3.63, 3.8) is 0 Å². The molecule has 0 bridgehead atoms. The number of nitrogens with zero attached hydrogens (tertiary/aromatic N) is 4.